The Bertz CT molecular complexity index is 499. The highest BCUT2D eigenvalue weighted by Crippen LogP contribution is 2.12. The lowest BCUT2D eigenvalue weighted by atomic mass is 10.0. The summed E-state index contributed by atoms with van der Waals surface area (Å²) >= 11 is 0. The van der Waals surface area contributed by atoms with Crippen LogP contribution in [0.5, 0.6) is 0 Å². The zero-order valence-electron chi connectivity index (χ0n) is 16.5. The number of ether oxygens (including phenoxy) is 2. The van der Waals surface area contributed by atoms with Gasteiger partial charge >= 0.3 is 12.2 Å². The second kappa shape index (κ2) is 10.5. The van der Waals surface area contributed by atoms with Crippen molar-refractivity contribution >= 4 is 12.2 Å². The monoisotopic (exact) mass is 366 g/mol. The molecule has 0 rings (SSSR count). The molecule has 0 aliphatic heterocycles. The SMILES string of the molecule is CC(C)(C)OC(=O)N[C@@H](CC#N)CC[C@H](CC#N)NC(=O)OC(C)(C)C. The number of carbonyl (C=O) groups excluding carboxylic acids is 2. The second-order valence-corrected chi connectivity index (χ2v) is 7.99. The average molecular weight is 366 g/mol. The van der Waals surface area contributed by atoms with E-state index in [1.54, 1.807) is 41.5 Å². The van der Waals surface area contributed by atoms with Crippen molar-refractivity contribution in [2.24, 2.45) is 0 Å². The van der Waals surface area contributed by atoms with Gasteiger partial charge in [0, 0.05) is 12.1 Å². The molecule has 0 aliphatic carbocycles. The molecule has 2 amide bonds. The lowest BCUT2D eigenvalue weighted by Gasteiger charge is -2.25. The quantitative estimate of drug-likeness (QED) is 0.711. The Labute approximate surface area is 155 Å². The molecule has 146 valence electrons. The fourth-order valence-electron chi connectivity index (χ4n) is 2.02. The first kappa shape index (κ1) is 23.5. The van der Waals surface area contributed by atoms with Crippen LogP contribution in [0.2, 0.25) is 0 Å². The molecule has 26 heavy (non-hydrogen) atoms. The standard InChI is InChI=1S/C18H30N4O4/c1-17(2,3)25-15(23)21-13(9-11-19)7-8-14(10-12-20)22-16(24)26-18(4,5)6/h13-14H,7-10H2,1-6H3,(H,21,23)(H,22,24)/t13-,14-/m1/s1. The van der Waals surface area contributed by atoms with Gasteiger partial charge in [-0.1, -0.05) is 0 Å². The van der Waals surface area contributed by atoms with E-state index >= 15 is 0 Å². The predicted molar refractivity (Wildman–Crippen MR) is 96.0 cm³/mol. The van der Waals surface area contributed by atoms with Crippen LogP contribution in [-0.2, 0) is 9.47 Å². The van der Waals surface area contributed by atoms with Gasteiger partial charge in [-0.3, -0.25) is 0 Å². The maximum absolute atomic E-state index is 11.9. The molecule has 8 nitrogen and oxygen atoms in total. The third-order valence-electron chi connectivity index (χ3n) is 2.98. The molecular formula is C18H30N4O4. The van der Waals surface area contributed by atoms with Gasteiger partial charge in [0.25, 0.3) is 0 Å². The number of alkyl carbamates (subject to hydrolysis) is 2. The Kier molecular flexibility index (Phi) is 9.50. The molecule has 0 aliphatic rings. The van der Waals surface area contributed by atoms with E-state index in [0.717, 1.165) is 0 Å². The molecule has 0 aromatic carbocycles. The van der Waals surface area contributed by atoms with Crippen LogP contribution >= 0.6 is 0 Å². The highest BCUT2D eigenvalue weighted by molar-refractivity contribution is 5.68. The molecule has 0 radical (unpaired) electrons. The fraction of sp³-hybridized carbons (Fsp3) is 0.778. The number of hydrogen-bond donors (Lipinski definition) is 2. The van der Waals surface area contributed by atoms with Gasteiger partial charge < -0.3 is 20.1 Å². The average Bonchev–Trinajstić information content (AvgIpc) is 2.40. The topological polar surface area (TPSA) is 124 Å². The molecule has 0 saturated heterocycles. The minimum atomic E-state index is -0.636. The molecule has 0 unspecified atom stereocenters. The Morgan fingerprint density at radius 1 is 0.808 bits per heavy atom. The number of amides is 2. The van der Waals surface area contributed by atoms with Gasteiger partial charge in [-0.05, 0) is 54.4 Å². The normalized spacial score (nSPS) is 13.5. The van der Waals surface area contributed by atoms with Crippen molar-refractivity contribution in [2.75, 3.05) is 0 Å². The van der Waals surface area contributed by atoms with E-state index in [4.69, 9.17) is 20.0 Å². The highest BCUT2D eigenvalue weighted by atomic mass is 16.6. The van der Waals surface area contributed by atoms with Crippen molar-refractivity contribution in [2.45, 2.75) is 90.5 Å². The summed E-state index contributed by atoms with van der Waals surface area (Å²) in [5.74, 6) is 0. The van der Waals surface area contributed by atoms with Crippen LogP contribution < -0.4 is 10.6 Å². The number of carbonyl (C=O) groups is 2. The van der Waals surface area contributed by atoms with E-state index in [-0.39, 0.29) is 12.8 Å². The van der Waals surface area contributed by atoms with Gasteiger partial charge in [0.05, 0.1) is 25.0 Å². The van der Waals surface area contributed by atoms with E-state index in [1.165, 1.54) is 0 Å². The van der Waals surface area contributed by atoms with Crippen LogP contribution in [-0.4, -0.2) is 35.5 Å². The van der Waals surface area contributed by atoms with Crippen LogP contribution in [0.3, 0.4) is 0 Å². The predicted octanol–water partition coefficient (Wildman–Crippen LogP) is 3.38. The van der Waals surface area contributed by atoms with Crippen LogP contribution in [0.25, 0.3) is 0 Å². The van der Waals surface area contributed by atoms with Crippen molar-refractivity contribution in [1.29, 1.82) is 10.5 Å². The van der Waals surface area contributed by atoms with Crippen molar-refractivity contribution in [3.63, 3.8) is 0 Å². The lowest BCUT2D eigenvalue weighted by Crippen LogP contribution is -2.42. The smallest absolute Gasteiger partial charge is 0.407 e. The van der Waals surface area contributed by atoms with Gasteiger partial charge in [-0.15, -0.1) is 0 Å². The van der Waals surface area contributed by atoms with Gasteiger partial charge in [-0.2, -0.15) is 10.5 Å². The second-order valence-electron chi connectivity index (χ2n) is 7.99. The van der Waals surface area contributed by atoms with Crippen LogP contribution in [0, 0.1) is 22.7 Å². The third kappa shape index (κ3) is 12.9. The van der Waals surface area contributed by atoms with Crippen molar-refractivity contribution in [1.82, 2.24) is 10.6 Å². The number of rotatable bonds is 7. The van der Waals surface area contributed by atoms with E-state index in [0.29, 0.717) is 12.8 Å². The zero-order chi connectivity index (χ0) is 20.4. The number of hydrogen-bond acceptors (Lipinski definition) is 6. The Hall–Kier alpha value is -2.48. The molecule has 2 N–H and O–H groups in total. The van der Waals surface area contributed by atoms with E-state index < -0.39 is 35.5 Å². The van der Waals surface area contributed by atoms with Crippen molar-refractivity contribution < 1.29 is 19.1 Å². The van der Waals surface area contributed by atoms with Gasteiger partial charge in [0.1, 0.15) is 11.2 Å². The fourth-order valence-corrected chi connectivity index (χ4v) is 2.02. The molecule has 0 bridgehead atoms. The van der Waals surface area contributed by atoms with Crippen LogP contribution in [0.4, 0.5) is 9.59 Å². The molecule has 0 fully saturated rings. The van der Waals surface area contributed by atoms with Crippen molar-refractivity contribution in [3.05, 3.63) is 0 Å². The lowest BCUT2D eigenvalue weighted by molar-refractivity contribution is 0.0475. The van der Waals surface area contributed by atoms with Gasteiger partial charge in [0.2, 0.25) is 0 Å². The zero-order valence-corrected chi connectivity index (χ0v) is 16.5. The molecule has 8 heteroatoms. The first-order valence-electron chi connectivity index (χ1n) is 8.59. The van der Waals surface area contributed by atoms with Crippen LogP contribution in [0.15, 0.2) is 0 Å². The molecule has 0 spiro atoms. The maximum atomic E-state index is 11.9. The molecule has 0 heterocycles. The summed E-state index contributed by atoms with van der Waals surface area (Å²) in [7, 11) is 0. The van der Waals surface area contributed by atoms with E-state index in [2.05, 4.69) is 10.6 Å². The van der Waals surface area contributed by atoms with Gasteiger partial charge in [-0.25, -0.2) is 9.59 Å². The first-order valence-corrected chi connectivity index (χ1v) is 8.59. The summed E-state index contributed by atoms with van der Waals surface area (Å²) in [5, 5.41) is 23.2. The summed E-state index contributed by atoms with van der Waals surface area (Å²) in [4.78, 5) is 23.7. The molecule has 0 saturated carbocycles. The third-order valence-corrected chi connectivity index (χ3v) is 2.98. The van der Waals surface area contributed by atoms with E-state index in [1.807, 2.05) is 12.1 Å². The molecule has 2 atom stereocenters. The number of nitrogens with zero attached hydrogens (tertiary/aromatic N) is 2. The summed E-state index contributed by atoms with van der Waals surface area (Å²) in [6.07, 6.45) is -0.177. The summed E-state index contributed by atoms with van der Waals surface area (Å²) in [6.45, 7) is 10.5. The number of nitrogens with one attached hydrogen (secondary N) is 2. The summed E-state index contributed by atoms with van der Waals surface area (Å²) < 4.78 is 10.4. The Morgan fingerprint density at radius 3 is 1.35 bits per heavy atom. The van der Waals surface area contributed by atoms with Crippen LogP contribution in [0.1, 0.15) is 67.2 Å². The largest absolute Gasteiger partial charge is 0.444 e. The number of nitriles is 2. The molecule has 0 aromatic rings. The highest BCUT2D eigenvalue weighted by Gasteiger charge is 2.22. The minimum absolute atomic E-state index is 0.102. The molecule has 0 aromatic heterocycles. The first-order chi connectivity index (χ1) is 11.9. The van der Waals surface area contributed by atoms with E-state index in [9.17, 15) is 9.59 Å². The maximum Gasteiger partial charge on any atom is 0.407 e. The summed E-state index contributed by atoms with van der Waals surface area (Å²) in [5.41, 5.74) is -1.27. The Balaban J connectivity index is 4.69. The van der Waals surface area contributed by atoms with Crippen molar-refractivity contribution in [3.8, 4) is 12.1 Å². The van der Waals surface area contributed by atoms with Gasteiger partial charge in [0.15, 0.2) is 0 Å². The summed E-state index contributed by atoms with van der Waals surface area (Å²) in [6, 6.07) is 3.16. The Morgan fingerprint density at radius 2 is 1.12 bits per heavy atom. The minimum Gasteiger partial charge on any atom is -0.444 e. The molecular weight excluding hydrogens is 336 g/mol.